The highest BCUT2D eigenvalue weighted by molar-refractivity contribution is 5.75. The first-order chi connectivity index (χ1) is 16.9. The van der Waals surface area contributed by atoms with Crippen molar-refractivity contribution in [3.8, 4) is 11.3 Å². The first kappa shape index (κ1) is 23.4. The van der Waals surface area contributed by atoms with Crippen molar-refractivity contribution in [2.24, 2.45) is 0 Å². The van der Waals surface area contributed by atoms with Crippen molar-refractivity contribution >= 4 is 5.97 Å². The molecule has 35 heavy (non-hydrogen) atoms. The number of esters is 1. The number of aliphatic hydroxyl groups is 1. The molecule has 3 heterocycles. The van der Waals surface area contributed by atoms with Gasteiger partial charge in [-0.15, -0.1) is 5.10 Å². The third kappa shape index (κ3) is 4.29. The number of methoxy groups -OCH3 is 1. The van der Waals surface area contributed by atoms with Crippen LogP contribution in [-0.4, -0.2) is 64.2 Å². The minimum absolute atomic E-state index is 0.0133. The Bertz CT molecular complexity index is 1200. The fraction of sp³-hybridized carbons (Fsp3) is 0.348. The zero-order chi connectivity index (χ0) is 24.7. The number of carbonyl (C=O) groups is 1. The van der Waals surface area contributed by atoms with Crippen LogP contribution in [0.4, 0.5) is 13.2 Å². The lowest BCUT2D eigenvalue weighted by Crippen LogP contribution is -2.61. The van der Waals surface area contributed by atoms with Crippen LogP contribution in [0.2, 0.25) is 0 Å². The van der Waals surface area contributed by atoms with E-state index in [2.05, 4.69) is 10.3 Å². The number of aliphatic hydroxyl groups excluding tert-OH is 1. The Hall–Kier alpha value is -3.32. The second-order valence-corrected chi connectivity index (χ2v) is 8.11. The highest BCUT2D eigenvalue weighted by Crippen LogP contribution is 2.39. The van der Waals surface area contributed by atoms with Crippen molar-refractivity contribution in [3.63, 3.8) is 0 Å². The molecule has 2 aliphatic rings. The third-order valence-electron chi connectivity index (χ3n) is 5.98. The summed E-state index contributed by atoms with van der Waals surface area (Å²) in [5, 5.41) is 19.0. The van der Waals surface area contributed by atoms with Crippen molar-refractivity contribution in [2.45, 2.75) is 36.7 Å². The van der Waals surface area contributed by atoms with E-state index in [1.54, 1.807) is 0 Å². The average Bonchev–Trinajstić information content (AvgIpc) is 3.36. The molecule has 0 bridgehead atoms. The molecule has 1 N–H and O–H groups in total. The fourth-order valence-electron chi connectivity index (χ4n) is 4.27. The molecule has 2 saturated heterocycles. The van der Waals surface area contributed by atoms with Gasteiger partial charge in [0.2, 0.25) is 0 Å². The van der Waals surface area contributed by atoms with E-state index in [1.165, 1.54) is 10.9 Å². The van der Waals surface area contributed by atoms with E-state index >= 15 is 0 Å². The van der Waals surface area contributed by atoms with Crippen molar-refractivity contribution in [3.05, 3.63) is 71.7 Å². The number of hydrogen-bond acceptors (Lipinski definition) is 8. The lowest BCUT2D eigenvalue weighted by Gasteiger charge is -2.47. The highest BCUT2D eigenvalue weighted by Gasteiger charge is 2.53. The van der Waals surface area contributed by atoms with Crippen LogP contribution < -0.4 is 0 Å². The smallest absolute Gasteiger partial charge is 0.337 e. The van der Waals surface area contributed by atoms with E-state index in [0.29, 0.717) is 0 Å². The molecule has 9 nitrogen and oxygen atoms in total. The molecule has 2 aromatic carbocycles. The van der Waals surface area contributed by atoms with Gasteiger partial charge < -0.3 is 24.1 Å². The molecule has 12 heteroatoms. The largest absolute Gasteiger partial charge is 0.467 e. The number of nitrogens with zero attached hydrogens (tertiary/aromatic N) is 3. The predicted molar refractivity (Wildman–Crippen MR) is 111 cm³/mol. The van der Waals surface area contributed by atoms with E-state index in [0.717, 1.165) is 24.8 Å². The van der Waals surface area contributed by atoms with Crippen LogP contribution in [0, 0.1) is 17.5 Å². The van der Waals surface area contributed by atoms with Crippen molar-refractivity contribution in [2.75, 3.05) is 13.7 Å². The maximum atomic E-state index is 13.7. The van der Waals surface area contributed by atoms with Gasteiger partial charge in [0.15, 0.2) is 29.8 Å². The van der Waals surface area contributed by atoms with Gasteiger partial charge in [-0.2, -0.15) is 0 Å². The Kier molecular flexibility index (Phi) is 6.28. The molecule has 0 saturated carbocycles. The van der Waals surface area contributed by atoms with Gasteiger partial charge >= 0.3 is 5.97 Å². The highest BCUT2D eigenvalue weighted by atomic mass is 19.2. The molecule has 0 aliphatic carbocycles. The Balaban J connectivity index is 1.50. The molecular weight excluding hydrogens is 471 g/mol. The van der Waals surface area contributed by atoms with E-state index < -0.39 is 60.2 Å². The van der Waals surface area contributed by atoms with Crippen molar-refractivity contribution in [1.82, 2.24) is 15.0 Å². The summed E-state index contributed by atoms with van der Waals surface area (Å²) in [5.74, 6) is -5.18. The van der Waals surface area contributed by atoms with E-state index in [-0.39, 0.29) is 17.9 Å². The van der Waals surface area contributed by atoms with E-state index in [1.807, 2.05) is 30.3 Å². The molecule has 0 amide bonds. The molecule has 1 aromatic heterocycles. The monoisotopic (exact) mass is 491 g/mol. The molecule has 2 aliphatic heterocycles. The second kappa shape index (κ2) is 9.38. The van der Waals surface area contributed by atoms with Crippen LogP contribution in [0.1, 0.15) is 17.9 Å². The quantitative estimate of drug-likeness (QED) is 0.438. The first-order valence-corrected chi connectivity index (χ1v) is 10.7. The van der Waals surface area contributed by atoms with Gasteiger partial charge in [0, 0.05) is 11.1 Å². The molecule has 1 unspecified atom stereocenters. The predicted octanol–water partition coefficient (Wildman–Crippen LogP) is 2.32. The van der Waals surface area contributed by atoms with Gasteiger partial charge in [0.05, 0.1) is 19.9 Å². The van der Waals surface area contributed by atoms with Crippen LogP contribution in [0.5, 0.6) is 0 Å². The van der Waals surface area contributed by atoms with Crippen LogP contribution in [0.3, 0.4) is 0 Å². The lowest BCUT2D eigenvalue weighted by molar-refractivity contribution is -0.314. The Morgan fingerprint density at radius 3 is 2.54 bits per heavy atom. The Labute approximate surface area is 197 Å². The number of hydrogen-bond donors (Lipinski definition) is 1. The summed E-state index contributed by atoms with van der Waals surface area (Å²) in [4.78, 5) is 12.3. The first-order valence-electron chi connectivity index (χ1n) is 10.7. The SMILES string of the molecule is COC(=O)[C@@H]1O[C@@H]2COC(c3ccccc3)O[C@@H]2[C@H](n2cc(-c3cc(F)c(F)c(F)c3)nn2)[C@H]1O. The summed E-state index contributed by atoms with van der Waals surface area (Å²) in [6.45, 7) is 0.0386. The number of halogens is 3. The number of fused-ring (bicyclic) bond motifs is 1. The second-order valence-electron chi connectivity index (χ2n) is 8.11. The van der Waals surface area contributed by atoms with Gasteiger partial charge in [-0.1, -0.05) is 35.5 Å². The summed E-state index contributed by atoms with van der Waals surface area (Å²) >= 11 is 0. The minimum Gasteiger partial charge on any atom is -0.467 e. The fourth-order valence-corrected chi connectivity index (χ4v) is 4.27. The zero-order valence-electron chi connectivity index (χ0n) is 18.3. The number of rotatable bonds is 4. The van der Waals surface area contributed by atoms with Gasteiger partial charge in [0.25, 0.3) is 0 Å². The third-order valence-corrected chi connectivity index (χ3v) is 5.98. The van der Waals surface area contributed by atoms with Crippen LogP contribution >= 0.6 is 0 Å². The van der Waals surface area contributed by atoms with Crippen LogP contribution in [0.25, 0.3) is 11.3 Å². The van der Waals surface area contributed by atoms with Gasteiger partial charge in [-0.25, -0.2) is 22.6 Å². The lowest BCUT2D eigenvalue weighted by atomic mass is 9.91. The Morgan fingerprint density at radius 2 is 1.86 bits per heavy atom. The van der Waals surface area contributed by atoms with Crippen LogP contribution in [-0.2, 0) is 23.7 Å². The normalized spacial score (nSPS) is 28.4. The maximum Gasteiger partial charge on any atom is 0.337 e. The summed E-state index contributed by atoms with van der Waals surface area (Å²) in [7, 11) is 1.16. The van der Waals surface area contributed by atoms with E-state index in [9.17, 15) is 23.1 Å². The van der Waals surface area contributed by atoms with Crippen molar-refractivity contribution in [1.29, 1.82) is 0 Å². The molecular formula is C23H20F3N3O6. The molecule has 2 fully saturated rings. The molecule has 184 valence electrons. The summed E-state index contributed by atoms with van der Waals surface area (Å²) in [5.41, 5.74) is 0.676. The van der Waals surface area contributed by atoms with E-state index in [4.69, 9.17) is 18.9 Å². The van der Waals surface area contributed by atoms with Gasteiger partial charge in [-0.05, 0) is 12.1 Å². The summed E-state index contributed by atoms with van der Waals surface area (Å²) in [6, 6.07) is 9.64. The molecule has 0 radical (unpaired) electrons. The topological polar surface area (TPSA) is 105 Å². The average molecular weight is 491 g/mol. The number of benzene rings is 2. The number of carbonyl (C=O) groups excluding carboxylic acids is 1. The molecule has 5 rings (SSSR count). The zero-order valence-corrected chi connectivity index (χ0v) is 18.3. The van der Waals surface area contributed by atoms with Gasteiger partial charge in [-0.3, -0.25) is 0 Å². The van der Waals surface area contributed by atoms with Crippen LogP contribution in [0.15, 0.2) is 48.7 Å². The molecule has 3 aromatic rings. The molecule has 0 spiro atoms. The molecule has 6 atom stereocenters. The van der Waals surface area contributed by atoms with Crippen molar-refractivity contribution < 1.29 is 42.0 Å². The minimum atomic E-state index is -1.60. The number of ether oxygens (including phenoxy) is 4. The Morgan fingerprint density at radius 1 is 1.14 bits per heavy atom. The van der Waals surface area contributed by atoms with Gasteiger partial charge in [0.1, 0.15) is 30.0 Å². The maximum absolute atomic E-state index is 13.7. The summed E-state index contributed by atoms with van der Waals surface area (Å²) < 4.78 is 64.5. The standard InChI is InChI=1S/C23H20F3N3O6/c1-32-22(31)21-19(30)18(20-16(34-21)10-33-23(35-20)11-5-3-2-4-6-11)29-9-15(27-28-29)12-7-13(24)17(26)14(25)8-12/h2-9,16,18-21,23,30H,10H2,1H3/t16-,18-,19-,20+,21-,23?/m1/s1. The summed E-state index contributed by atoms with van der Waals surface area (Å²) in [6.07, 6.45) is -3.95. The number of aromatic nitrogens is 3.